The summed E-state index contributed by atoms with van der Waals surface area (Å²) in [7, 11) is 0. The number of carbonyl (C=O) groups excluding carboxylic acids is 4. The molecule has 1 saturated carbocycles. The first-order valence-corrected chi connectivity index (χ1v) is 22.5. The molecule has 63 heavy (non-hydrogen) atoms. The van der Waals surface area contributed by atoms with Crippen LogP contribution in [0.3, 0.4) is 0 Å². The Morgan fingerprint density at radius 2 is 1.63 bits per heavy atom. The number of hydrogen-bond donors (Lipinski definition) is 3. The van der Waals surface area contributed by atoms with Gasteiger partial charge in [-0.25, -0.2) is 15.0 Å². The van der Waals surface area contributed by atoms with E-state index >= 15 is 0 Å². The Kier molecular flexibility index (Phi) is 12.9. The summed E-state index contributed by atoms with van der Waals surface area (Å²) in [4.78, 5) is 70.1. The number of rotatable bonds is 15. The lowest BCUT2D eigenvalue weighted by Crippen LogP contribution is -2.46. The van der Waals surface area contributed by atoms with Gasteiger partial charge in [-0.15, -0.1) is 0 Å². The molecule has 0 radical (unpaired) electrons. The summed E-state index contributed by atoms with van der Waals surface area (Å²) < 4.78 is 7.96. The molecule has 0 unspecified atom stereocenters. The monoisotopic (exact) mass is 852 g/mol. The Labute approximate surface area is 367 Å². The predicted octanol–water partition coefficient (Wildman–Crippen LogP) is 5.37. The molecule has 3 N–H and O–H groups in total. The molecule has 328 valence electrons. The summed E-state index contributed by atoms with van der Waals surface area (Å²) in [6.45, 7) is 6.61. The maximum atomic E-state index is 13.0. The summed E-state index contributed by atoms with van der Waals surface area (Å²) in [5.74, 6) is 0.990. The summed E-state index contributed by atoms with van der Waals surface area (Å²) in [6.07, 6.45) is 10.6. The SMILES string of the molecule is O=C1CC[C@@H](c2cccc(OCC(=O)N3CCC(CCCN4CCN(c5ccc(Nc6ncnc7c6ncn7C6CC(NC(=O)Cc7ccccc7)C6)cc5)CC4)CC3)c2)C(=O)N1. The van der Waals surface area contributed by atoms with Gasteiger partial charge in [-0.1, -0.05) is 42.5 Å². The van der Waals surface area contributed by atoms with Crippen LogP contribution in [-0.2, 0) is 25.6 Å². The molecule has 1 aliphatic carbocycles. The van der Waals surface area contributed by atoms with E-state index in [1.165, 1.54) is 12.1 Å². The van der Waals surface area contributed by atoms with E-state index in [0.29, 0.717) is 36.7 Å². The molecular formula is C48H56N10O5. The largest absolute Gasteiger partial charge is 0.484 e. The van der Waals surface area contributed by atoms with Crippen molar-refractivity contribution < 1.29 is 23.9 Å². The van der Waals surface area contributed by atoms with Gasteiger partial charge in [0, 0.05) is 69.1 Å². The Bertz CT molecular complexity index is 2390. The summed E-state index contributed by atoms with van der Waals surface area (Å²) in [5.41, 5.74) is 5.47. The summed E-state index contributed by atoms with van der Waals surface area (Å²) in [5, 5.41) is 9.04. The highest BCUT2D eigenvalue weighted by Crippen LogP contribution is 2.36. The average Bonchev–Trinajstić information content (AvgIpc) is 3.72. The average molecular weight is 853 g/mol. The van der Waals surface area contributed by atoms with E-state index in [-0.39, 0.29) is 48.2 Å². The number of imidazole rings is 1. The summed E-state index contributed by atoms with van der Waals surface area (Å²) in [6, 6.07) is 26.0. The van der Waals surface area contributed by atoms with E-state index in [2.05, 4.69) is 69.5 Å². The molecule has 0 spiro atoms. The van der Waals surface area contributed by atoms with Gasteiger partial charge in [-0.05, 0) is 105 Å². The number of imide groups is 1. The molecule has 3 aliphatic heterocycles. The van der Waals surface area contributed by atoms with Gasteiger partial charge in [0.25, 0.3) is 5.91 Å². The maximum Gasteiger partial charge on any atom is 0.260 e. The van der Waals surface area contributed by atoms with Crippen LogP contribution in [0.4, 0.5) is 17.2 Å². The van der Waals surface area contributed by atoms with Crippen molar-refractivity contribution in [2.24, 2.45) is 5.92 Å². The molecule has 15 heteroatoms. The second-order valence-electron chi connectivity index (χ2n) is 17.4. The zero-order valence-corrected chi connectivity index (χ0v) is 35.7. The van der Waals surface area contributed by atoms with Gasteiger partial charge in [0.2, 0.25) is 17.7 Å². The Hall–Kier alpha value is -6.35. The Morgan fingerprint density at radius 3 is 2.41 bits per heavy atom. The maximum absolute atomic E-state index is 13.0. The van der Waals surface area contributed by atoms with E-state index < -0.39 is 0 Å². The van der Waals surface area contributed by atoms with Gasteiger partial charge in [-0.3, -0.25) is 29.4 Å². The second-order valence-corrected chi connectivity index (χ2v) is 17.4. The molecule has 3 saturated heterocycles. The molecule has 4 fully saturated rings. The van der Waals surface area contributed by atoms with Crippen LogP contribution in [0.1, 0.15) is 74.5 Å². The number of nitrogens with one attached hydrogen (secondary N) is 3. The zero-order valence-electron chi connectivity index (χ0n) is 35.7. The number of hydrogen-bond acceptors (Lipinski definition) is 11. The number of likely N-dealkylation sites (tertiary alicyclic amines) is 1. The zero-order chi connectivity index (χ0) is 43.1. The Morgan fingerprint density at radius 1 is 0.841 bits per heavy atom. The highest BCUT2D eigenvalue weighted by Gasteiger charge is 2.33. The lowest BCUT2D eigenvalue weighted by Gasteiger charge is -2.37. The van der Waals surface area contributed by atoms with E-state index in [0.717, 1.165) is 106 Å². The fourth-order valence-corrected chi connectivity index (χ4v) is 9.47. The number of amides is 4. The molecule has 1 atom stereocenters. The molecule has 4 amide bonds. The molecule has 5 aromatic rings. The number of carbonyl (C=O) groups is 4. The molecule has 2 aromatic heterocycles. The molecule has 9 rings (SSSR count). The number of aromatic nitrogens is 4. The van der Waals surface area contributed by atoms with Gasteiger partial charge in [0.1, 0.15) is 12.1 Å². The number of piperidine rings is 2. The predicted molar refractivity (Wildman–Crippen MR) is 240 cm³/mol. The first-order valence-electron chi connectivity index (χ1n) is 22.5. The van der Waals surface area contributed by atoms with Crippen molar-refractivity contribution in [3.63, 3.8) is 0 Å². The van der Waals surface area contributed by atoms with Gasteiger partial charge < -0.3 is 29.7 Å². The van der Waals surface area contributed by atoms with Crippen LogP contribution in [0.2, 0.25) is 0 Å². The fraction of sp³-hybridized carbons (Fsp3) is 0.438. The van der Waals surface area contributed by atoms with Gasteiger partial charge in [0.15, 0.2) is 23.6 Å². The minimum Gasteiger partial charge on any atom is -0.484 e. The quantitative estimate of drug-likeness (QED) is 0.116. The van der Waals surface area contributed by atoms with Crippen molar-refractivity contribution in [2.45, 2.75) is 75.8 Å². The molecular weight excluding hydrogens is 797 g/mol. The van der Waals surface area contributed by atoms with E-state index in [9.17, 15) is 19.2 Å². The van der Waals surface area contributed by atoms with Crippen molar-refractivity contribution in [2.75, 3.05) is 62.6 Å². The lowest BCUT2D eigenvalue weighted by atomic mass is 9.86. The normalized spacial score (nSPS) is 20.9. The molecule has 3 aromatic carbocycles. The minimum absolute atomic E-state index is 0.0121. The van der Waals surface area contributed by atoms with Crippen LogP contribution < -0.4 is 25.6 Å². The van der Waals surface area contributed by atoms with Crippen molar-refractivity contribution in [1.82, 2.24) is 40.0 Å². The fourth-order valence-electron chi connectivity index (χ4n) is 9.47. The molecule has 5 heterocycles. The summed E-state index contributed by atoms with van der Waals surface area (Å²) >= 11 is 0. The van der Waals surface area contributed by atoms with Crippen LogP contribution in [0.5, 0.6) is 5.75 Å². The van der Waals surface area contributed by atoms with Crippen molar-refractivity contribution in [3.8, 4) is 5.75 Å². The van der Waals surface area contributed by atoms with Crippen LogP contribution in [0.15, 0.2) is 91.5 Å². The highest BCUT2D eigenvalue weighted by molar-refractivity contribution is 6.01. The third kappa shape index (κ3) is 10.3. The third-order valence-corrected chi connectivity index (χ3v) is 13.2. The number of anilines is 3. The third-order valence-electron chi connectivity index (χ3n) is 13.2. The van der Waals surface area contributed by atoms with E-state index in [4.69, 9.17) is 4.74 Å². The minimum atomic E-state index is -0.385. The Balaban J connectivity index is 0.662. The number of piperazine rings is 1. The number of nitrogens with zero attached hydrogens (tertiary/aromatic N) is 7. The molecule has 0 bridgehead atoms. The van der Waals surface area contributed by atoms with Crippen molar-refractivity contribution >= 4 is 52.0 Å². The number of benzene rings is 3. The van der Waals surface area contributed by atoms with Crippen molar-refractivity contribution in [1.29, 1.82) is 0 Å². The van der Waals surface area contributed by atoms with Gasteiger partial charge >= 0.3 is 0 Å². The number of ether oxygens (including phenoxy) is 1. The van der Waals surface area contributed by atoms with E-state index in [1.54, 1.807) is 18.5 Å². The first-order chi connectivity index (χ1) is 30.8. The molecule has 15 nitrogen and oxygen atoms in total. The van der Waals surface area contributed by atoms with Gasteiger partial charge in [-0.2, -0.15) is 0 Å². The van der Waals surface area contributed by atoms with Gasteiger partial charge in [0.05, 0.1) is 18.7 Å². The van der Waals surface area contributed by atoms with Crippen LogP contribution in [-0.4, -0.2) is 111 Å². The van der Waals surface area contributed by atoms with Crippen molar-refractivity contribution in [3.05, 3.63) is 103 Å². The van der Waals surface area contributed by atoms with Crippen LogP contribution in [0.25, 0.3) is 11.2 Å². The van der Waals surface area contributed by atoms with Crippen LogP contribution in [0, 0.1) is 5.92 Å². The molecule has 4 aliphatic rings. The van der Waals surface area contributed by atoms with Crippen LogP contribution >= 0.6 is 0 Å². The second kappa shape index (κ2) is 19.4. The lowest BCUT2D eigenvalue weighted by molar-refractivity contribution is -0.135. The highest BCUT2D eigenvalue weighted by atomic mass is 16.5. The topological polar surface area (TPSA) is 167 Å². The first kappa shape index (κ1) is 42.0. The standard InChI is InChI=1S/C48H56N10O5/c59-42-16-15-41(48(62)54-42)35-9-4-10-40(27-35)63-30-44(61)57-20-17-33(18-21-57)8-5-19-55-22-24-56(25-23-55)38-13-11-36(12-14-38)53-46-45-47(50-31-49-46)58(32-51-45)39-28-37(29-39)52-43(60)26-34-6-2-1-3-7-34/h1-4,6-7,9-14,27,31-33,37,39,41H,5,8,15-26,28-30H2,(H,52,60)(H,49,50,53)(H,54,59,62)/t37?,39?,41-/m0/s1. The smallest absolute Gasteiger partial charge is 0.260 e. The number of fused-ring (bicyclic) bond motifs is 1. The van der Waals surface area contributed by atoms with E-state index in [1.807, 2.05) is 53.7 Å².